The van der Waals surface area contributed by atoms with E-state index in [9.17, 15) is 4.79 Å². The van der Waals surface area contributed by atoms with Gasteiger partial charge in [0.1, 0.15) is 5.60 Å². The number of carbonyl (C=O) groups is 1. The topological polar surface area (TPSA) is 61.9 Å². The number of carboxylic acid groups (broad SMARTS) is 1. The van der Waals surface area contributed by atoms with Crippen molar-refractivity contribution < 1.29 is 14.6 Å². The number of carboxylic acids is 1. The van der Waals surface area contributed by atoms with Gasteiger partial charge in [-0.25, -0.2) is 4.79 Å². The summed E-state index contributed by atoms with van der Waals surface area (Å²) in [5.41, 5.74) is 0.877. The predicted molar refractivity (Wildman–Crippen MR) is 85.6 cm³/mol. The van der Waals surface area contributed by atoms with Gasteiger partial charge in [-0.2, -0.15) is 0 Å². The fraction of sp³-hybridized carbons (Fsp3) is 0.611. The number of piperidine rings is 1. The molecule has 2 heterocycles. The maximum Gasteiger partial charge on any atom is 0.328 e. The first-order chi connectivity index (χ1) is 10.7. The van der Waals surface area contributed by atoms with Crippen LogP contribution in [0.3, 0.4) is 0 Å². The summed E-state index contributed by atoms with van der Waals surface area (Å²) in [5.74, 6) is -0.350. The van der Waals surface area contributed by atoms with Crippen molar-refractivity contribution in [3.63, 3.8) is 0 Å². The molecule has 0 amide bonds. The smallest absolute Gasteiger partial charge is 0.328 e. The summed E-state index contributed by atoms with van der Waals surface area (Å²) >= 11 is 0. The highest BCUT2D eigenvalue weighted by Crippen LogP contribution is 2.56. The zero-order valence-electron chi connectivity index (χ0n) is 13.1. The van der Waals surface area contributed by atoms with Gasteiger partial charge in [-0.3, -0.25) is 0 Å². The molecule has 2 N–H and O–H groups in total. The molecule has 0 saturated carbocycles. The minimum absolute atomic E-state index is 0.226. The maximum atomic E-state index is 10.6. The summed E-state index contributed by atoms with van der Waals surface area (Å²) in [6.45, 7) is 3.25. The second-order valence-electron chi connectivity index (χ2n) is 6.51. The Bertz CT molecular complexity index is 522. The normalized spacial score (nSPS) is 37.5. The van der Waals surface area contributed by atoms with Crippen molar-refractivity contribution in [1.82, 2.24) is 5.32 Å². The number of allylic oxidation sites excluding steroid dienone is 2. The van der Waals surface area contributed by atoms with Gasteiger partial charge in [-0.1, -0.05) is 56.9 Å². The molecule has 2 saturated heterocycles. The number of rotatable bonds is 7. The van der Waals surface area contributed by atoms with Crippen molar-refractivity contribution in [3.8, 4) is 0 Å². The lowest BCUT2D eigenvalue weighted by atomic mass is 9.81. The van der Waals surface area contributed by atoms with Gasteiger partial charge in [-0.05, 0) is 12.0 Å². The Balaban J connectivity index is 1.63. The van der Waals surface area contributed by atoms with Crippen LogP contribution in [0.15, 0.2) is 36.0 Å². The van der Waals surface area contributed by atoms with Gasteiger partial charge in [0.05, 0.1) is 12.1 Å². The highest BCUT2D eigenvalue weighted by molar-refractivity contribution is 5.80. The molecule has 4 atom stereocenters. The van der Waals surface area contributed by atoms with Gasteiger partial charge in [0, 0.05) is 18.5 Å². The van der Waals surface area contributed by atoms with Crippen molar-refractivity contribution in [3.05, 3.63) is 36.0 Å². The molecule has 3 rings (SSSR count). The molecule has 0 aromatic rings. The van der Waals surface area contributed by atoms with Crippen molar-refractivity contribution in [2.24, 2.45) is 5.92 Å². The number of hydrogen-bond donors (Lipinski definition) is 2. The van der Waals surface area contributed by atoms with E-state index in [1.54, 1.807) is 6.08 Å². The van der Waals surface area contributed by atoms with Crippen LogP contribution in [-0.4, -0.2) is 35.4 Å². The zero-order valence-corrected chi connectivity index (χ0v) is 13.1. The molecule has 22 heavy (non-hydrogen) atoms. The number of hydrogen-bond acceptors (Lipinski definition) is 3. The van der Waals surface area contributed by atoms with Crippen LogP contribution >= 0.6 is 0 Å². The van der Waals surface area contributed by atoms with Gasteiger partial charge in [0.25, 0.3) is 0 Å². The first kappa shape index (κ1) is 15.5. The van der Waals surface area contributed by atoms with Crippen LogP contribution in [0.2, 0.25) is 0 Å². The quantitative estimate of drug-likeness (QED) is 0.431. The first-order valence-electron chi connectivity index (χ1n) is 8.39. The molecule has 0 radical (unpaired) electrons. The summed E-state index contributed by atoms with van der Waals surface area (Å²) in [4.78, 5) is 10.6. The van der Waals surface area contributed by atoms with Crippen LogP contribution < -0.4 is 5.32 Å². The van der Waals surface area contributed by atoms with Crippen LogP contribution in [-0.2, 0) is 9.53 Å². The monoisotopic (exact) mass is 303 g/mol. The van der Waals surface area contributed by atoms with Crippen molar-refractivity contribution in [1.29, 1.82) is 0 Å². The summed E-state index contributed by atoms with van der Waals surface area (Å²) in [6.07, 6.45) is 15.5. The average molecular weight is 303 g/mol. The van der Waals surface area contributed by atoms with E-state index in [4.69, 9.17) is 9.84 Å². The number of ether oxygens (including phenoxy) is 1. The Hall–Kier alpha value is -1.39. The largest absolute Gasteiger partial charge is 0.478 e. The zero-order chi connectivity index (χ0) is 15.6. The highest BCUT2D eigenvalue weighted by atomic mass is 16.6. The van der Waals surface area contributed by atoms with E-state index >= 15 is 0 Å². The molecule has 2 aliphatic heterocycles. The Labute approximate surface area is 131 Å². The molecule has 0 unspecified atom stereocenters. The molecule has 0 aromatic heterocycles. The molecular weight excluding hydrogens is 278 g/mol. The molecule has 1 aliphatic carbocycles. The van der Waals surface area contributed by atoms with Crippen LogP contribution in [0.5, 0.6) is 0 Å². The van der Waals surface area contributed by atoms with Crippen LogP contribution in [0, 0.1) is 5.92 Å². The number of aliphatic carboxylic acids is 1. The fourth-order valence-electron chi connectivity index (χ4n) is 3.87. The number of epoxide rings is 1. The lowest BCUT2D eigenvalue weighted by Crippen LogP contribution is -2.49. The molecule has 0 aromatic carbocycles. The third-order valence-corrected chi connectivity index (χ3v) is 5.04. The predicted octanol–water partition coefficient (Wildman–Crippen LogP) is 2.82. The molecule has 4 heteroatoms. The van der Waals surface area contributed by atoms with Crippen molar-refractivity contribution >= 4 is 5.97 Å². The average Bonchev–Trinajstić information content (AvgIpc) is 3.15. The Morgan fingerprint density at radius 2 is 2.36 bits per heavy atom. The molecular formula is C18H25NO3. The highest BCUT2D eigenvalue weighted by Gasteiger charge is 2.68. The van der Waals surface area contributed by atoms with E-state index in [1.165, 1.54) is 38.2 Å². The Morgan fingerprint density at radius 1 is 1.50 bits per heavy atom. The van der Waals surface area contributed by atoms with Crippen LogP contribution in [0.4, 0.5) is 0 Å². The lowest BCUT2D eigenvalue weighted by Gasteiger charge is -2.29. The second kappa shape index (κ2) is 6.39. The van der Waals surface area contributed by atoms with Gasteiger partial charge in [0.2, 0.25) is 0 Å². The van der Waals surface area contributed by atoms with Gasteiger partial charge >= 0.3 is 5.97 Å². The summed E-state index contributed by atoms with van der Waals surface area (Å²) in [7, 11) is 0. The molecule has 120 valence electrons. The third kappa shape index (κ3) is 2.77. The minimum atomic E-state index is -0.920. The van der Waals surface area contributed by atoms with Crippen LogP contribution in [0.1, 0.15) is 39.0 Å². The van der Waals surface area contributed by atoms with Crippen LogP contribution in [0.25, 0.3) is 0 Å². The van der Waals surface area contributed by atoms with E-state index in [1.807, 2.05) is 6.08 Å². The third-order valence-electron chi connectivity index (χ3n) is 5.04. The molecule has 0 bridgehead atoms. The van der Waals surface area contributed by atoms with E-state index in [2.05, 4.69) is 24.4 Å². The molecule has 2 fully saturated rings. The molecule has 1 spiro atoms. The van der Waals surface area contributed by atoms with E-state index in [0.717, 1.165) is 12.1 Å². The van der Waals surface area contributed by atoms with Crippen molar-refractivity contribution in [2.45, 2.75) is 56.8 Å². The molecule has 4 nitrogen and oxygen atoms in total. The standard InChI is InChI=1S/C18H25NO3/c1-2-3-4-5-7-13-12-19-15-11-10-14(8-6-9-16(20)21)18(15)17(13)22-18/h6,8-11,13,15,17,19H,2-5,7,12H2,1H3,(H,20,21)/b9-6+,14-8+/t13-,15-,17+,18-/m0/s1. The minimum Gasteiger partial charge on any atom is -0.478 e. The molecule has 3 aliphatic rings. The number of nitrogens with one attached hydrogen (secondary N) is 1. The summed E-state index contributed by atoms with van der Waals surface area (Å²) < 4.78 is 6.15. The maximum absolute atomic E-state index is 10.6. The van der Waals surface area contributed by atoms with E-state index in [-0.39, 0.29) is 11.6 Å². The number of unbranched alkanes of at least 4 members (excludes halogenated alkanes) is 3. The van der Waals surface area contributed by atoms with Gasteiger partial charge in [0.15, 0.2) is 0 Å². The Morgan fingerprint density at radius 3 is 3.14 bits per heavy atom. The van der Waals surface area contributed by atoms with Gasteiger partial charge in [-0.15, -0.1) is 0 Å². The van der Waals surface area contributed by atoms with Gasteiger partial charge < -0.3 is 15.2 Å². The Kier molecular flexibility index (Phi) is 4.50. The summed E-state index contributed by atoms with van der Waals surface area (Å²) in [5, 5.41) is 12.3. The second-order valence-corrected chi connectivity index (χ2v) is 6.51. The van der Waals surface area contributed by atoms with E-state index < -0.39 is 5.97 Å². The van der Waals surface area contributed by atoms with Crippen molar-refractivity contribution in [2.75, 3.05) is 6.54 Å². The lowest BCUT2D eigenvalue weighted by molar-refractivity contribution is -0.131. The first-order valence-corrected chi connectivity index (χ1v) is 8.39. The SMILES string of the molecule is CCCCCC[C@H]1CN[C@H]2C=C/C(=C\C=C\C(=O)O)[C@]23O[C@H]13. The summed E-state index contributed by atoms with van der Waals surface area (Å²) in [6, 6.07) is 0.244. The van der Waals surface area contributed by atoms with E-state index in [0.29, 0.717) is 12.0 Å². The fourth-order valence-corrected chi connectivity index (χ4v) is 3.87.